The molecule has 4 heteroatoms. The zero-order valence-corrected chi connectivity index (χ0v) is 9.79. The molecule has 2 aliphatic rings. The molecule has 86 valence electrons. The normalized spacial score (nSPS) is 34.7. The number of rotatable bonds is 1. The van der Waals surface area contributed by atoms with Crippen LogP contribution in [0, 0.1) is 5.92 Å². The van der Waals surface area contributed by atoms with Crippen LogP contribution in [0.5, 0.6) is 0 Å². The van der Waals surface area contributed by atoms with Crippen molar-refractivity contribution < 1.29 is 4.79 Å². The van der Waals surface area contributed by atoms with Gasteiger partial charge in [-0.3, -0.25) is 0 Å². The number of carbonyl (C=O) groups is 1. The van der Waals surface area contributed by atoms with E-state index < -0.39 is 0 Å². The Morgan fingerprint density at radius 1 is 1.47 bits per heavy atom. The maximum absolute atomic E-state index is 12.0. The summed E-state index contributed by atoms with van der Waals surface area (Å²) in [6.45, 7) is 8.19. The first-order chi connectivity index (χ1) is 7.09. The summed E-state index contributed by atoms with van der Waals surface area (Å²) >= 11 is 0. The minimum Gasteiger partial charge on any atom is -0.336 e. The molecule has 2 saturated heterocycles. The van der Waals surface area contributed by atoms with Crippen LogP contribution in [0.25, 0.3) is 0 Å². The zero-order valence-electron chi connectivity index (χ0n) is 9.79. The van der Waals surface area contributed by atoms with E-state index in [1.807, 2.05) is 18.7 Å². The fourth-order valence-corrected chi connectivity index (χ4v) is 2.84. The van der Waals surface area contributed by atoms with Crippen molar-refractivity contribution in [3.63, 3.8) is 0 Å². The lowest BCUT2D eigenvalue weighted by molar-refractivity contribution is 0.174. The first-order valence-corrected chi connectivity index (χ1v) is 5.89. The Labute approximate surface area is 91.4 Å². The van der Waals surface area contributed by atoms with Gasteiger partial charge in [0.25, 0.3) is 0 Å². The SMILES string of the molecule is CC(C)NC(=O)N1C(C)CC2CNCC21. The van der Waals surface area contributed by atoms with Crippen molar-refractivity contribution in [2.45, 2.75) is 45.3 Å². The lowest BCUT2D eigenvalue weighted by Gasteiger charge is -2.28. The maximum Gasteiger partial charge on any atom is 0.318 e. The first kappa shape index (κ1) is 10.7. The highest BCUT2D eigenvalue weighted by Gasteiger charge is 2.44. The van der Waals surface area contributed by atoms with Gasteiger partial charge in [-0.15, -0.1) is 0 Å². The van der Waals surface area contributed by atoms with Crippen molar-refractivity contribution in [1.82, 2.24) is 15.5 Å². The van der Waals surface area contributed by atoms with Gasteiger partial charge in [0.1, 0.15) is 0 Å². The molecule has 15 heavy (non-hydrogen) atoms. The standard InChI is InChI=1S/C11H21N3O/c1-7(2)13-11(15)14-8(3)4-9-5-12-6-10(9)14/h7-10,12H,4-6H2,1-3H3,(H,13,15). The average molecular weight is 211 g/mol. The van der Waals surface area contributed by atoms with E-state index in [9.17, 15) is 4.79 Å². The molecule has 2 N–H and O–H groups in total. The zero-order chi connectivity index (χ0) is 11.0. The molecular formula is C11H21N3O. The molecule has 2 fully saturated rings. The lowest BCUT2D eigenvalue weighted by atomic mass is 10.0. The van der Waals surface area contributed by atoms with Gasteiger partial charge < -0.3 is 15.5 Å². The summed E-state index contributed by atoms with van der Waals surface area (Å²) in [5.41, 5.74) is 0. The van der Waals surface area contributed by atoms with Crippen molar-refractivity contribution in [3.8, 4) is 0 Å². The second-order valence-corrected chi connectivity index (χ2v) is 5.08. The van der Waals surface area contributed by atoms with E-state index in [1.165, 1.54) is 0 Å². The van der Waals surface area contributed by atoms with Crippen LogP contribution in [-0.2, 0) is 0 Å². The Bertz CT molecular complexity index is 254. The molecule has 0 aliphatic carbocycles. The van der Waals surface area contributed by atoms with Gasteiger partial charge in [0.15, 0.2) is 0 Å². The van der Waals surface area contributed by atoms with Gasteiger partial charge in [-0.05, 0) is 33.1 Å². The van der Waals surface area contributed by atoms with Crippen molar-refractivity contribution in [2.24, 2.45) is 5.92 Å². The van der Waals surface area contributed by atoms with Crippen LogP contribution in [-0.4, -0.2) is 42.1 Å². The van der Waals surface area contributed by atoms with Crippen LogP contribution < -0.4 is 10.6 Å². The molecule has 0 aromatic rings. The second-order valence-electron chi connectivity index (χ2n) is 5.08. The van der Waals surface area contributed by atoms with Crippen molar-refractivity contribution in [2.75, 3.05) is 13.1 Å². The fraction of sp³-hybridized carbons (Fsp3) is 0.909. The van der Waals surface area contributed by atoms with Crippen molar-refractivity contribution in [1.29, 1.82) is 0 Å². The quantitative estimate of drug-likeness (QED) is 0.673. The summed E-state index contributed by atoms with van der Waals surface area (Å²) in [4.78, 5) is 14.0. The van der Waals surface area contributed by atoms with Gasteiger partial charge >= 0.3 is 6.03 Å². The van der Waals surface area contributed by atoms with Crippen LogP contribution in [0.3, 0.4) is 0 Å². The summed E-state index contributed by atoms with van der Waals surface area (Å²) in [5.74, 6) is 0.665. The van der Waals surface area contributed by atoms with Crippen LogP contribution in [0.4, 0.5) is 4.79 Å². The number of amides is 2. The number of urea groups is 1. The van der Waals surface area contributed by atoms with Gasteiger partial charge in [0.2, 0.25) is 0 Å². The lowest BCUT2D eigenvalue weighted by Crippen LogP contribution is -2.49. The molecular weight excluding hydrogens is 190 g/mol. The third-order valence-corrected chi connectivity index (χ3v) is 3.43. The third kappa shape index (κ3) is 1.95. The highest BCUT2D eigenvalue weighted by molar-refractivity contribution is 5.75. The van der Waals surface area contributed by atoms with Crippen molar-refractivity contribution in [3.05, 3.63) is 0 Å². The van der Waals surface area contributed by atoms with E-state index in [0.29, 0.717) is 18.0 Å². The Balaban J connectivity index is 2.03. The molecule has 0 bridgehead atoms. The monoisotopic (exact) mass is 211 g/mol. The summed E-state index contributed by atoms with van der Waals surface area (Å²) in [6, 6.07) is 1.13. The number of fused-ring (bicyclic) bond motifs is 1. The van der Waals surface area contributed by atoms with E-state index >= 15 is 0 Å². The Hall–Kier alpha value is -0.770. The Morgan fingerprint density at radius 3 is 2.87 bits per heavy atom. The Morgan fingerprint density at radius 2 is 2.20 bits per heavy atom. The molecule has 2 heterocycles. The number of hydrogen-bond acceptors (Lipinski definition) is 2. The minimum absolute atomic E-state index is 0.105. The second kappa shape index (κ2) is 4.00. The summed E-state index contributed by atoms with van der Waals surface area (Å²) in [7, 11) is 0. The predicted octanol–water partition coefficient (Wildman–Crippen LogP) is 0.787. The molecule has 2 rings (SSSR count). The predicted molar refractivity (Wildman–Crippen MR) is 59.7 cm³/mol. The molecule has 0 aromatic carbocycles. The third-order valence-electron chi connectivity index (χ3n) is 3.43. The van der Waals surface area contributed by atoms with Crippen LogP contribution in [0.15, 0.2) is 0 Å². The van der Waals surface area contributed by atoms with E-state index in [2.05, 4.69) is 17.6 Å². The Kier molecular flexibility index (Phi) is 2.87. The first-order valence-electron chi connectivity index (χ1n) is 5.89. The summed E-state index contributed by atoms with van der Waals surface area (Å²) < 4.78 is 0. The number of nitrogens with zero attached hydrogens (tertiary/aromatic N) is 1. The average Bonchev–Trinajstić information content (AvgIpc) is 2.60. The molecule has 3 atom stereocenters. The smallest absolute Gasteiger partial charge is 0.318 e. The van der Waals surface area contributed by atoms with E-state index in [0.717, 1.165) is 19.5 Å². The fourth-order valence-electron chi connectivity index (χ4n) is 2.84. The van der Waals surface area contributed by atoms with Crippen molar-refractivity contribution >= 4 is 6.03 Å². The molecule has 2 aliphatic heterocycles. The molecule has 3 unspecified atom stereocenters. The van der Waals surface area contributed by atoms with Crippen LogP contribution in [0.2, 0.25) is 0 Å². The number of nitrogens with one attached hydrogen (secondary N) is 2. The molecule has 0 saturated carbocycles. The number of carbonyl (C=O) groups excluding carboxylic acids is 1. The highest BCUT2D eigenvalue weighted by atomic mass is 16.2. The molecule has 0 aromatic heterocycles. The molecule has 0 radical (unpaired) electrons. The van der Waals surface area contributed by atoms with Gasteiger partial charge in [0, 0.05) is 25.2 Å². The van der Waals surface area contributed by atoms with E-state index in [1.54, 1.807) is 0 Å². The topological polar surface area (TPSA) is 44.4 Å². The van der Waals surface area contributed by atoms with Crippen LogP contribution in [0.1, 0.15) is 27.2 Å². The number of hydrogen-bond donors (Lipinski definition) is 2. The number of likely N-dealkylation sites (tertiary alicyclic amines) is 1. The largest absolute Gasteiger partial charge is 0.336 e. The van der Waals surface area contributed by atoms with E-state index in [-0.39, 0.29) is 12.1 Å². The van der Waals surface area contributed by atoms with E-state index in [4.69, 9.17) is 0 Å². The highest BCUT2D eigenvalue weighted by Crippen LogP contribution is 2.31. The van der Waals surface area contributed by atoms with Gasteiger partial charge in [0.05, 0.1) is 6.04 Å². The van der Waals surface area contributed by atoms with Gasteiger partial charge in [-0.2, -0.15) is 0 Å². The van der Waals surface area contributed by atoms with Gasteiger partial charge in [-0.25, -0.2) is 4.79 Å². The summed E-state index contributed by atoms with van der Waals surface area (Å²) in [6.07, 6.45) is 1.14. The molecule has 4 nitrogen and oxygen atoms in total. The minimum atomic E-state index is 0.105. The summed E-state index contributed by atoms with van der Waals surface area (Å²) in [5, 5.41) is 6.35. The molecule has 2 amide bonds. The molecule has 0 spiro atoms. The van der Waals surface area contributed by atoms with Crippen LogP contribution >= 0.6 is 0 Å². The maximum atomic E-state index is 12.0. The van der Waals surface area contributed by atoms with Gasteiger partial charge in [-0.1, -0.05) is 0 Å².